The van der Waals surface area contributed by atoms with E-state index in [0.29, 0.717) is 12.5 Å². The van der Waals surface area contributed by atoms with Crippen LogP contribution in [0.2, 0.25) is 0 Å². The van der Waals surface area contributed by atoms with Crippen molar-refractivity contribution in [3.63, 3.8) is 0 Å². The quantitative estimate of drug-likeness (QED) is 0.750. The normalized spacial score (nSPS) is 13.1. The van der Waals surface area contributed by atoms with Gasteiger partial charge < -0.3 is 10.4 Å². The molecule has 1 atom stereocenters. The van der Waals surface area contributed by atoms with Gasteiger partial charge in [-0.05, 0) is 17.4 Å². The van der Waals surface area contributed by atoms with Crippen molar-refractivity contribution in [2.45, 2.75) is 26.4 Å². The summed E-state index contributed by atoms with van der Waals surface area (Å²) < 4.78 is 0. The highest BCUT2D eigenvalue weighted by Gasteiger charge is 2.14. The molecule has 0 saturated carbocycles. The maximum atomic E-state index is 9.29. The molecule has 2 aromatic rings. The average Bonchev–Trinajstić information content (AvgIpc) is 2.99. The van der Waals surface area contributed by atoms with Crippen LogP contribution in [0, 0.1) is 5.92 Å². The number of H-pyrrole nitrogens is 1. The second-order valence-electron chi connectivity index (χ2n) is 4.66. The molecular weight excluding hydrogens is 246 g/mol. The Labute approximate surface area is 111 Å². The predicted molar refractivity (Wildman–Crippen MR) is 74.5 cm³/mol. The van der Waals surface area contributed by atoms with Crippen LogP contribution in [0.25, 0.3) is 10.6 Å². The van der Waals surface area contributed by atoms with E-state index in [9.17, 15) is 5.11 Å². The minimum Gasteiger partial charge on any atom is -0.395 e. The fourth-order valence-corrected chi connectivity index (χ4v) is 2.59. The van der Waals surface area contributed by atoms with Gasteiger partial charge in [-0.2, -0.15) is 5.10 Å². The number of rotatable bonds is 6. The number of nitrogens with one attached hydrogen (secondary N) is 2. The Kier molecular flexibility index (Phi) is 4.52. The summed E-state index contributed by atoms with van der Waals surface area (Å²) in [6, 6.07) is 4.23. The largest absolute Gasteiger partial charge is 0.395 e. The molecule has 0 saturated heterocycles. The van der Waals surface area contributed by atoms with Crippen LogP contribution >= 0.6 is 11.3 Å². The number of aliphatic hydroxyl groups excluding tert-OH is 1. The second-order valence-corrected chi connectivity index (χ2v) is 5.61. The van der Waals surface area contributed by atoms with E-state index in [1.807, 2.05) is 12.3 Å². The number of aromatic amines is 1. The van der Waals surface area contributed by atoms with Gasteiger partial charge in [0.15, 0.2) is 0 Å². The highest BCUT2D eigenvalue weighted by atomic mass is 32.1. The summed E-state index contributed by atoms with van der Waals surface area (Å²) in [5.74, 6) is 0.409. The topological polar surface area (TPSA) is 60.9 Å². The van der Waals surface area contributed by atoms with Gasteiger partial charge in [-0.15, -0.1) is 11.3 Å². The zero-order valence-electron chi connectivity index (χ0n) is 10.7. The van der Waals surface area contributed by atoms with Gasteiger partial charge in [0.25, 0.3) is 0 Å². The Morgan fingerprint density at radius 3 is 2.94 bits per heavy atom. The molecular formula is C13H19N3OS. The van der Waals surface area contributed by atoms with Crippen LogP contribution in [0.1, 0.15) is 19.4 Å². The third-order valence-electron chi connectivity index (χ3n) is 3.04. The van der Waals surface area contributed by atoms with E-state index in [2.05, 4.69) is 40.8 Å². The van der Waals surface area contributed by atoms with Crippen LogP contribution < -0.4 is 5.32 Å². The number of hydrogen-bond acceptors (Lipinski definition) is 4. The Morgan fingerprint density at radius 1 is 1.50 bits per heavy atom. The number of aliphatic hydroxyl groups is 1. The molecule has 0 aromatic carbocycles. The maximum Gasteiger partial charge on any atom is 0.0794 e. The molecule has 0 unspecified atom stereocenters. The summed E-state index contributed by atoms with van der Waals surface area (Å²) in [4.78, 5) is 1.19. The fourth-order valence-electron chi connectivity index (χ4n) is 1.83. The molecule has 98 valence electrons. The first-order chi connectivity index (χ1) is 8.72. The lowest BCUT2D eigenvalue weighted by molar-refractivity contribution is 0.210. The first-order valence-corrected chi connectivity index (χ1v) is 7.00. The third kappa shape index (κ3) is 2.98. The van der Waals surface area contributed by atoms with Crippen LogP contribution in [0.5, 0.6) is 0 Å². The van der Waals surface area contributed by atoms with E-state index in [4.69, 9.17) is 0 Å². The van der Waals surface area contributed by atoms with E-state index < -0.39 is 0 Å². The monoisotopic (exact) mass is 265 g/mol. The molecule has 2 rings (SSSR count). The second kappa shape index (κ2) is 6.13. The van der Waals surface area contributed by atoms with Gasteiger partial charge in [0.1, 0.15) is 0 Å². The van der Waals surface area contributed by atoms with Crippen molar-refractivity contribution in [3.05, 3.63) is 29.3 Å². The Hall–Kier alpha value is -1.17. The Bertz CT molecular complexity index is 464. The molecule has 0 radical (unpaired) electrons. The summed E-state index contributed by atoms with van der Waals surface area (Å²) in [5.41, 5.74) is 2.20. The minimum atomic E-state index is 0.121. The van der Waals surface area contributed by atoms with Crippen molar-refractivity contribution in [1.82, 2.24) is 15.5 Å². The lowest BCUT2D eigenvalue weighted by Crippen LogP contribution is -2.36. The lowest BCUT2D eigenvalue weighted by atomic mass is 10.1. The maximum absolute atomic E-state index is 9.29. The molecule has 4 nitrogen and oxygen atoms in total. The van der Waals surface area contributed by atoms with Gasteiger partial charge in [-0.3, -0.25) is 5.10 Å². The standard InChI is InChI=1S/C13H19N3OS/c1-9(2)11(8-17)14-6-10-7-15-16-13(10)12-4-3-5-18-12/h3-5,7,9,11,14,17H,6,8H2,1-2H3,(H,15,16)/t11-/m1/s1. The molecule has 3 N–H and O–H groups in total. The van der Waals surface area contributed by atoms with Gasteiger partial charge >= 0.3 is 0 Å². The molecule has 5 heteroatoms. The van der Waals surface area contributed by atoms with Crippen molar-refractivity contribution in [2.24, 2.45) is 5.92 Å². The molecule has 2 aromatic heterocycles. The average molecular weight is 265 g/mol. The molecule has 0 aliphatic carbocycles. The van der Waals surface area contributed by atoms with Crippen molar-refractivity contribution in [1.29, 1.82) is 0 Å². The molecule has 18 heavy (non-hydrogen) atoms. The van der Waals surface area contributed by atoms with E-state index in [1.54, 1.807) is 11.3 Å². The molecule has 0 aliphatic heterocycles. The number of aromatic nitrogens is 2. The summed E-state index contributed by atoms with van der Waals surface area (Å²) in [6.45, 7) is 5.07. The fraction of sp³-hybridized carbons (Fsp3) is 0.462. The van der Waals surface area contributed by atoms with Crippen molar-refractivity contribution in [3.8, 4) is 10.6 Å². The zero-order valence-corrected chi connectivity index (χ0v) is 11.5. The number of hydrogen-bond donors (Lipinski definition) is 3. The van der Waals surface area contributed by atoms with Gasteiger partial charge in [-0.25, -0.2) is 0 Å². The zero-order chi connectivity index (χ0) is 13.0. The van der Waals surface area contributed by atoms with E-state index in [0.717, 1.165) is 11.3 Å². The van der Waals surface area contributed by atoms with Gasteiger partial charge in [0.2, 0.25) is 0 Å². The van der Waals surface area contributed by atoms with Crippen LogP contribution in [0.15, 0.2) is 23.7 Å². The molecule has 2 heterocycles. The number of thiophene rings is 1. The summed E-state index contributed by atoms with van der Waals surface area (Å²) in [6.07, 6.45) is 1.84. The summed E-state index contributed by atoms with van der Waals surface area (Å²) >= 11 is 1.69. The first-order valence-electron chi connectivity index (χ1n) is 6.12. The van der Waals surface area contributed by atoms with Gasteiger partial charge in [0, 0.05) is 18.2 Å². The predicted octanol–water partition coefficient (Wildman–Crippen LogP) is 2.24. The Balaban J connectivity index is 2.05. The third-order valence-corrected chi connectivity index (χ3v) is 3.93. The van der Waals surface area contributed by atoms with Crippen LogP contribution in [-0.4, -0.2) is 28.0 Å². The summed E-state index contributed by atoms with van der Waals surface area (Å²) in [7, 11) is 0. The highest BCUT2D eigenvalue weighted by Crippen LogP contribution is 2.25. The van der Waals surface area contributed by atoms with Crippen LogP contribution in [0.3, 0.4) is 0 Å². The van der Waals surface area contributed by atoms with Crippen molar-refractivity contribution in [2.75, 3.05) is 6.61 Å². The molecule has 0 spiro atoms. The SMILES string of the molecule is CC(C)[C@@H](CO)NCc1cn[nH]c1-c1cccs1. The van der Waals surface area contributed by atoms with Gasteiger partial charge in [0.05, 0.1) is 23.4 Å². The van der Waals surface area contributed by atoms with E-state index in [1.165, 1.54) is 4.88 Å². The van der Waals surface area contributed by atoms with Crippen molar-refractivity contribution >= 4 is 11.3 Å². The highest BCUT2D eigenvalue weighted by molar-refractivity contribution is 7.13. The molecule has 0 amide bonds. The van der Waals surface area contributed by atoms with Crippen LogP contribution in [-0.2, 0) is 6.54 Å². The molecule has 0 fully saturated rings. The van der Waals surface area contributed by atoms with Crippen LogP contribution in [0.4, 0.5) is 0 Å². The van der Waals surface area contributed by atoms with Gasteiger partial charge in [-0.1, -0.05) is 19.9 Å². The molecule has 0 bridgehead atoms. The Morgan fingerprint density at radius 2 is 2.33 bits per heavy atom. The first kappa shape index (κ1) is 13.3. The van der Waals surface area contributed by atoms with Crippen molar-refractivity contribution < 1.29 is 5.11 Å². The minimum absolute atomic E-state index is 0.121. The molecule has 0 aliphatic rings. The number of nitrogens with zero attached hydrogens (tertiary/aromatic N) is 1. The summed E-state index contributed by atoms with van der Waals surface area (Å²) in [5, 5.41) is 21.9. The van der Waals surface area contributed by atoms with E-state index >= 15 is 0 Å². The van der Waals surface area contributed by atoms with E-state index in [-0.39, 0.29) is 12.6 Å². The lowest BCUT2D eigenvalue weighted by Gasteiger charge is -2.19. The smallest absolute Gasteiger partial charge is 0.0794 e.